The summed E-state index contributed by atoms with van der Waals surface area (Å²) in [5.41, 5.74) is 4.30. The average molecular weight is 597 g/mol. The minimum absolute atomic E-state index is 0.127. The Morgan fingerprint density at radius 3 is 2.58 bits per heavy atom. The summed E-state index contributed by atoms with van der Waals surface area (Å²) in [7, 11) is 3.24. The summed E-state index contributed by atoms with van der Waals surface area (Å²) in [6.07, 6.45) is 0.683. The lowest BCUT2D eigenvalue weighted by Crippen LogP contribution is -2.42. The molecule has 4 aromatic rings. The Hall–Kier alpha value is -3.31. The fraction of sp³-hybridized carbons (Fsp3) is 0.276. The summed E-state index contributed by atoms with van der Waals surface area (Å²) in [6, 6.07) is 17.1. The molecule has 0 radical (unpaired) electrons. The van der Waals surface area contributed by atoms with E-state index < -0.39 is 0 Å². The topological polar surface area (TPSA) is 85.7 Å². The summed E-state index contributed by atoms with van der Waals surface area (Å²) in [5, 5.41) is 12.6. The van der Waals surface area contributed by atoms with Crippen LogP contribution >= 0.6 is 34.7 Å². The van der Waals surface area contributed by atoms with Crippen molar-refractivity contribution >= 4 is 52.3 Å². The highest BCUT2D eigenvalue weighted by atomic mass is 35.5. The summed E-state index contributed by atoms with van der Waals surface area (Å²) < 4.78 is 12.2. The summed E-state index contributed by atoms with van der Waals surface area (Å²) >= 11 is 9.37. The molecule has 3 heterocycles. The minimum Gasteiger partial charge on any atom is -0.497 e. The van der Waals surface area contributed by atoms with Crippen LogP contribution in [0.2, 0.25) is 5.02 Å². The molecule has 0 saturated carbocycles. The number of thioether (sulfide) groups is 1. The van der Waals surface area contributed by atoms with Crippen molar-refractivity contribution in [3.05, 3.63) is 81.5 Å². The van der Waals surface area contributed by atoms with Gasteiger partial charge in [-0.15, -0.1) is 11.8 Å². The zero-order chi connectivity index (χ0) is 28.1. The molecule has 2 amide bonds. The molecule has 0 unspecified atom stereocenters. The normalized spacial score (nSPS) is 15.0. The molecule has 0 saturated heterocycles. The molecule has 0 aliphatic carbocycles. The zero-order valence-corrected chi connectivity index (χ0v) is 24.5. The maximum Gasteiger partial charge on any atom is 0.240 e. The molecule has 0 bridgehead atoms. The van der Waals surface area contributed by atoms with Crippen molar-refractivity contribution < 1.29 is 19.1 Å². The molecule has 1 atom stereocenters. The van der Waals surface area contributed by atoms with Gasteiger partial charge in [-0.3, -0.25) is 14.5 Å². The number of benzene rings is 2. The van der Waals surface area contributed by atoms with Crippen LogP contribution in [0.4, 0.5) is 5.82 Å². The van der Waals surface area contributed by atoms with Gasteiger partial charge >= 0.3 is 0 Å². The van der Waals surface area contributed by atoms with Gasteiger partial charge in [0.05, 0.1) is 29.5 Å². The van der Waals surface area contributed by atoms with E-state index in [-0.39, 0.29) is 29.4 Å². The predicted molar refractivity (Wildman–Crippen MR) is 161 cm³/mol. The Morgan fingerprint density at radius 2 is 1.90 bits per heavy atom. The van der Waals surface area contributed by atoms with E-state index in [1.165, 1.54) is 0 Å². The molecule has 8 nitrogen and oxygen atoms in total. The molecule has 11 heteroatoms. The molecule has 0 fully saturated rings. The number of carbonyl (C=O) groups is 2. The summed E-state index contributed by atoms with van der Waals surface area (Å²) in [6.45, 7) is 0.875. The third kappa shape index (κ3) is 6.05. The Morgan fingerprint density at radius 1 is 1.12 bits per heavy atom. The second-order valence-electron chi connectivity index (χ2n) is 9.13. The maximum absolute atomic E-state index is 13.7. The second kappa shape index (κ2) is 12.9. The van der Waals surface area contributed by atoms with E-state index in [4.69, 9.17) is 26.2 Å². The number of fused-ring (bicyclic) bond motifs is 1. The van der Waals surface area contributed by atoms with Gasteiger partial charge in [0.1, 0.15) is 18.1 Å². The van der Waals surface area contributed by atoms with E-state index in [0.717, 1.165) is 28.1 Å². The van der Waals surface area contributed by atoms with E-state index in [9.17, 15) is 9.59 Å². The molecule has 2 aromatic carbocycles. The van der Waals surface area contributed by atoms with Gasteiger partial charge < -0.3 is 14.8 Å². The standard InChI is InChI=1S/C29H29ClN4O4S2/c1-37-14-3-13-31-24(35)16-33-25(36)18-40-28(20-12-15-39-17-20)26-27(19-4-6-21(30)7-5-19)32-34(29(26)33)22-8-10-23(38-2)11-9-22/h4-12,15,17,28H,3,13-14,16,18H2,1-2H3,(H,31,35)/t28-/m0/s1. The van der Waals surface area contributed by atoms with Crippen molar-refractivity contribution in [2.24, 2.45) is 0 Å². The lowest BCUT2D eigenvalue weighted by Gasteiger charge is -2.23. The minimum atomic E-state index is -0.245. The largest absolute Gasteiger partial charge is 0.497 e. The van der Waals surface area contributed by atoms with Gasteiger partial charge in [-0.1, -0.05) is 23.7 Å². The molecule has 1 aliphatic heterocycles. The van der Waals surface area contributed by atoms with Crippen LogP contribution in [-0.2, 0) is 14.3 Å². The lowest BCUT2D eigenvalue weighted by atomic mass is 10.0. The van der Waals surface area contributed by atoms with Crippen molar-refractivity contribution in [2.75, 3.05) is 44.6 Å². The van der Waals surface area contributed by atoms with Gasteiger partial charge in [0.15, 0.2) is 0 Å². The number of nitrogens with one attached hydrogen (secondary N) is 1. The SMILES string of the molecule is COCCCNC(=O)CN1C(=O)CS[C@@H](c2ccsc2)c2c(-c3ccc(Cl)cc3)nn(-c3ccc(OC)cc3)c21. The summed E-state index contributed by atoms with van der Waals surface area (Å²) in [5.74, 6) is 1.09. The van der Waals surface area contributed by atoms with Gasteiger partial charge in [-0.25, -0.2) is 4.68 Å². The van der Waals surface area contributed by atoms with Gasteiger partial charge in [-0.05, 0) is 65.2 Å². The molecule has 1 aliphatic rings. The van der Waals surface area contributed by atoms with E-state index in [1.807, 2.05) is 53.9 Å². The van der Waals surface area contributed by atoms with Gasteiger partial charge in [0.2, 0.25) is 11.8 Å². The molecule has 0 spiro atoms. The lowest BCUT2D eigenvalue weighted by molar-refractivity contribution is -0.122. The average Bonchev–Trinajstić information content (AvgIpc) is 3.61. The van der Waals surface area contributed by atoms with Crippen LogP contribution in [-0.4, -0.2) is 61.3 Å². The maximum atomic E-state index is 13.7. The van der Waals surface area contributed by atoms with Crippen LogP contribution < -0.4 is 15.0 Å². The zero-order valence-electron chi connectivity index (χ0n) is 22.1. The van der Waals surface area contributed by atoms with Crippen LogP contribution in [0.15, 0.2) is 65.4 Å². The summed E-state index contributed by atoms with van der Waals surface area (Å²) in [4.78, 5) is 28.4. The van der Waals surface area contributed by atoms with E-state index >= 15 is 0 Å². The van der Waals surface area contributed by atoms with Crippen LogP contribution in [0.5, 0.6) is 5.75 Å². The van der Waals surface area contributed by atoms with Gasteiger partial charge in [0, 0.05) is 36.4 Å². The smallest absolute Gasteiger partial charge is 0.240 e. The second-order valence-corrected chi connectivity index (χ2v) is 11.4. The Balaban J connectivity index is 1.69. The number of carbonyl (C=O) groups excluding carboxylic acids is 2. The first-order valence-corrected chi connectivity index (χ1v) is 15.1. The number of rotatable bonds is 10. The van der Waals surface area contributed by atoms with Crippen molar-refractivity contribution in [1.82, 2.24) is 15.1 Å². The van der Waals surface area contributed by atoms with Crippen molar-refractivity contribution in [2.45, 2.75) is 11.7 Å². The number of thiophene rings is 1. The highest BCUT2D eigenvalue weighted by Crippen LogP contribution is 2.49. The highest BCUT2D eigenvalue weighted by molar-refractivity contribution is 8.00. The third-order valence-electron chi connectivity index (χ3n) is 6.52. The molecular formula is C29H29ClN4O4S2. The number of methoxy groups -OCH3 is 2. The molecular weight excluding hydrogens is 568 g/mol. The number of anilines is 1. The first kappa shape index (κ1) is 28.2. The van der Waals surface area contributed by atoms with Gasteiger partial charge in [0.25, 0.3) is 0 Å². The monoisotopic (exact) mass is 596 g/mol. The van der Waals surface area contributed by atoms with E-state index in [2.05, 4.69) is 16.8 Å². The number of ether oxygens (including phenoxy) is 2. The van der Waals surface area contributed by atoms with Crippen molar-refractivity contribution in [3.8, 4) is 22.7 Å². The fourth-order valence-electron chi connectivity index (χ4n) is 4.57. The molecule has 208 valence electrons. The van der Waals surface area contributed by atoms with E-state index in [1.54, 1.807) is 46.9 Å². The number of nitrogens with zero attached hydrogens (tertiary/aromatic N) is 3. The number of halogens is 1. The van der Waals surface area contributed by atoms with Gasteiger partial charge in [-0.2, -0.15) is 16.4 Å². The molecule has 40 heavy (non-hydrogen) atoms. The molecule has 1 N–H and O–H groups in total. The molecule has 2 aromatic heterocycles. The van der Waals surface area contributed by atoms with E-state index in [0.29, 0.717) is 36.2 Å². The van der Waals surface area contributed by atoms with Crippen LogP contribution in [0, 0.1) is 0 Å². The van der Waals surface area contributed by atoms with Crippen LogP contribution in [0.1, 0.15) is 22.8 Å². The third-order valence-corrected chi connectivity index (χ3v) is 8.73. The first-order valence-electron chi connectivity index (χ1n) is 12.7. The van der Waals surface area contributed by atoms with Crippen molar-refractivity contribution in [3.63, 3.8) is 0 Å². The fourth-order valence-corrected chi connectivity index (χ4v) is 6.66. The quantitative estimate of drug-likeness (QED) is 0.240. The predicted octanol–water partition coefficient (Wildman–Crippen LogP) is 5.58. The number of aromatic nitrogens is 2. The number of hydrogen-bond acceptors (Lipinski definition) is 7. The molecule has 5 rings (SSSR count). The van der Waals surface area contributed by atoms with Crippen molar-refractivity contribution in [1.29, 1.82) is 0 Å². The van der Waals surface area contributed by atoms with Crippen LogP contribution in [0.25, 0.3) is 16.9 Å². The Kier molecular flexibility index (Phi) is 9.11. The number of amides is 2. The van der Waals surface area contributed by atoms with Crippen LogP contribution in [0.3, 0.4) is 0 Å². The Bertz CT molecular complexity index is 1460. The Labute approximate surface area is 246 Å². The highest BCUT2D eigenvalue weighted by Gasteiger charge is 2.37. The first-order chi connectivity index (χ1) is 19.5. The number of hydrogen-bond donors (Lipinski definition) is 1.